The van der Waals surface area contributed by atoms with Gasteiger partial charge < -0.3 is 5.11 Å². The van der Waals surface area contributed by atoms with E-state index in [-0.39, 0.29) is 6.10 Å². The maximum atomic E-state index is 9.17. The summed E-state index contributed by atoms with van der Waals surface area (Å²) < 4.78 is 1.62. The fourth-order valence-electron chi connectivity index (χ4n) is 1.20. The van der Waals surface area contributed by atoms with Crippen LogP contribution >= 0.6 is 11.6 Å². The van der Waals surface area contributed by atoms with E-state index in [0.29, 0.717) is 11.6 Å². The lowest BCUT2D eigenvalue weighted by atomic mass is 10.1. The summed E-state index contributed by atoms with van der Waals surface area (Å²) in [5, 5.41) is 13.9. The number of aliphatic hydroxyl groups excluding tert-OH is 1. The minimum atomic E-state index is -0.370. The average molecular weight is 189 g/mol. The van der Waals surface area contributed by atoms with Gasteiger partial charge in [0.15, 0.2) is 0 Å². The first-order valence-electron chi connectivity index (χ1n) is 3.88. The Bertz CT molecular complexity index is 281. The van der Waals surface area contributed by atoms with Crippen molar-refractivity contribution in [2.75, 3.05) is 0 Å². The van der Waals surface area contributed by atoms with E-state index < -0.39 is 0 Å². The number of halogens is 1. The van der Waals surface area contributed by atoms with Crippen molar-refractivity contribution in [2.45, 2.75) is 26.4 Å². The Hall–Kier alpha value is -0.540. The normalized spacial score (nSPS) is 13.4. The van der Waals surface area contributed by atoms with Gasteiger partial charge in [-0.25, -0.2) is 0 Å². The van der Waals surface area contributed by atoms with Gasteiger partial charge in [0, 0.05) is 19.0 Å². The summed E-state index contributed by atoms with van der Waals surface area (Å²) in [6, 6.07) is 0. The van der Waals surface area contributed by atoms with Gasteiger partial charge in [0.25, 0.3) is 0 Å². The molecule has 0 fully saturated rings. The molecule has 0 unspecified atom stereocenters. The van der Waals surface area contributed by atoms with Crippen LogP contribution in [0, 0.1) is 6.92 Å². The molecule has 0 radical (unpaired) electrons. The zero-order valence-electron chi connectivity index (χ0n) is 7.50. The quantitative estimate of drug-likeness (QED) is 0.760. The van der Waals surface area contributed by atoms with Crippen molar-refractivity contribution >= 4 is 11.6 Å². The molecular formula is C8H13ClN2O. The first-order chi connectivity index (χ1) is 5.52. The number of hydrogen-bond donors (Lipinski definition) is 1. The molecule has 4 heteroatoms. The molecule has 0 bridgehead atoms. The molecule has 0 aromatic carbocycles. The van der Waals surface area contributed by atoms with Gasteiger partial charge in [-0.05, 0) is 13.8 Å². The second-order valence-electron chi connectivity index (χ2n) is 3.03. The van der Waals surface area contributed by atoms with E-state index in [0.717, 1.165) is 11.3 Å². The van der Waals surface area contributed by atoms with Crippen molar-refractivity contribution in [2.24, 2.45) is 7.05 Å². The summed E-state index contributed by atoms with van der Waals surface area (Å²) in [4.78, 5) is 0. The predicted molar refractivity (Wildman–Crippen MR) is 48.3 cm³/mol. The smallest absolute Gasteiger partial charge is 0.130 e. The van der Waals surface area contributed by atoms with E-state index in [1.54, 1.807) is 18.7 Å². The van der Waals surface area contributed by atoms with Crippen LogP contribution in [0.3, 0.4) is 0 Å². The molecular weight excluding hydrogens is 176 g/mol. The number of aryl methyl sites for hydroxylation is 2. The van der Waals surface area contributed by atoms with Crippen LogP contribution in [0.5, 0.6) is 0 Å². The fraction of sp³-hybridized carbons (Fsp3) is 0.625. The average Bonchev–Trinajstić information content (AvgIpc) is 2.16. The molecule has 3 nitrogen and oxygen atoms in total. The zero-order valence-corrected chi connectivity index (χ0v) is 8.26. The number of aromatic nitrogens is 2. The second-order valence-corrected chi connectivity index (χ2v) is 3.39. The zero-order chi connectivity index (χ0) is 9.30. The third kappa shape index (κ3) is 1.79. The van der Waals surface area contributed by atoms with Crippen molar-refractivity contribution in [3.8, 4) is 0 Å². The Labute approximate surface area is 77.0 Å². The van der Waals surface area contributed by atoms with Gasteiger partial charge in [0.1, 0.15) is 5.15 Å². The molecule has 1 rings (SSSR count). The molecule has 1 heterocycles. The SMILES string of the molecule is Cc1nn(C)c(Cl)c1C[C@@H](C)O. The molecule has 68 valence electrons. The molecule has 0 aliphatic carbocycles. The number of nitrogens with zero attached hydrogens (tertiary/aromatic N) is 2. The van der Waals surface area contributed by atoms with Crippen LogP contribution in [0.1, 0.15) is 18.2 Å². The maximum Gasteiger partial charge on any atom is 0.130 e. The Balaban J connectivity index is 2.97. The number of hydrogen-bond acceptors (Lipinski definition) is 2. The van der Waals surface area contributed by atoms with E-state index in [2.05, 4.69) is 5.10 Å². The fourth-order valence-corrected chi connectivity index (χ4v) is 1.45. The summed E-state index contributed by atoms with van der Waals surface area (Å²) in [6.45, 7) is 3.63. The van der Waals surface area contributed by atoms with Crippen LogP contribution in [-0.4, -0.2) is 21.0 Å². The van der Waals surface area contributed by atoms with Gasteiger partial charge in [-0.15, -0.1) is 0 Å². The molecule has 0 spiro atoms. The standard InChI is InChI=1S/C8H13ClN2O/c1-5(12)4-7-6(2)10-11(3)8(7)9/h5,12H,4H2,1-3H3/t5-/m1/s1. The molecule has 0 saturated carbocycles. The lowest BCUT2D eigenvalue weighted by molar-refractivity contribution is 0.195. The molecule has 0 aliphatic rings. The van der Waals surface area contributed by atoms with Crippen molar-refractivity contribution in [1.29, 1.82) is 0 Å². The Kier molecular flexibility index (Phi) is 2.75. The molecule has 1 N–H and O–H groups in total. The predicted octanol–water partition coefficient (Wildman–Crippen LogP) is 1.31. The number of rotatable bonds is 2. The van der Waals surface area contributed by atoms with E-state index in [9.17, 15) is 0 Å². The lowest BCUT2D eigenvalue weighted by Gasteiger charge is -2.02. The largest absolute Gasteiger partial charge is 0.393 e. The lowest BCUT2D eigenvalue weighted by Crippen LogP contribution is -2.05. The van der Waals surface area contributed by atoms with Crippen molar-refractivity contribution in [1.82, 2.24) is 9.78 Å². The summed E-state index contributed by atoms with van der Waals surface area (Å²) in [7, 11) is 1.79. The number of aliphatic hydroxyl groups is 1. The van der Waals surface area contributed by atoms with Crippen molar-refractivity contribution < 1.29 is 5.11 Å². The van der Waals surface area contributed by atoms with Crippen LogP contribution in [0.2, 0.25) is 5.15 Å². The van der Waals surface area contributed by atoms with Gasteiger partial charge >= 0.3 is 0 Å². The van der Waals surface area contributed by atoms with Crippen molar-refractivity contribution in [3.63, 3.8) is 0 Å². The molecule has 0 amide bonds. The van der Waals surface area contributed by atoms with Gasteiger partial charge in [-0.2, -0.15) is 5.10 Å². The van der Waals surface area contributed by atoms with E-state index in [1.165, 1.54) is 0 Å². The van der Waals surface area contributed by atoms with E-state index in [1.807, 2.05) is 6.92 Å². The molecule has 0 aliphatic heterocycles. The second kappa shape index (κ2) is 3.46. The highest BCUT2D eigenvalue weighted by Crippen LogP contribution is 2.19. The highest BCUT2D eigenvalue weighted by Gasteiger charge is 2.12. The van der Waals surface area contributed by atoms with Gasteiger partial charge in [0.2, 0.25) is 0 Å². The monoisotopic (exact) mass is 188 g/mol. The summed E-state index contributed by atoms with van der Waals surface area (Å²) in [5.74, 6) is 0. The van der Waals surface area contributed by atoms with Crippen LogP contribution < -0.4 is 0 Å². The topological polar surface area (TPSA) is 38.0 Å². The summed E-state index contributed by atoms with van der Waals surface area (Å²) >= 11 is 5.95. The van der Waals surface area contributed by atoms with E-state index >= 15 is 0 Å². The highest BCUT2D eigenvalue weighted by atomic mass is 35.5. The first-order valence-corrected chi connectivity index (χ1v) is 4.26. The highest BCUT2D eigenvalue weighted by molar-refractivity contribution is 6.30. The van der Waals surface area contributed by atoms with Crippen LogP contribution in [0.15, 0.2) is 0 Å². The van der Waals surface area contributed by atoms with Crippen LogP contribution in [-0.2, 0) is 13.5 Å². The minimum absolute atomic E-state index is 0.370. The van der Waals surface area contributed by atoms with Crippen molar-refractivity contribution in [3.05, 3.63) is 16.4 Å². The van der Waals surface area contributed by atoms with E-state index in [4.69, 9.17) is 16.7 Å². The molecule has 0 saturated heterocycles. The summed E-state index contributed by atoms with van der Waals surface area (Å²) in [6.07, 6.45) is 0.198. The molecule has 1 atom stereocenters. The maximum absolute atomic E-state index is 9.17. The molecule has 1 aromatic rings. The third-order valence-corrected chi connectivity index (χ3v) is 2.24. The van der Waals surface area contributed by atoms with Gasteiger partial charge in [-0.1, -0.05) is 11.6 Å². The Morgan fingerprint density at radius 2 is 2.25 bits per heavy atom. The Morgan fingerprint density at radius 1 is 1.67 bits per heavy atom. The minimum Gasteiger partial charge on any atom is -0.393 e. The first kappa shape index (κ1) is 9.55. The summed E-state index contributed by atoms with van der Waals surface area (Å²) in [5.41, 5.74) is 1.83. The molecule has 1 aromatic heterocycles. The Morgan fingerprint density at radius 3 is 2.58 bits per heavy atom. The van der Waals surface area contributed by atoms with Crippen LogP contribution in [0.25, 0.3) is 0 Å². The third-order valence-electron chi connectivity index (χ3n) is 1.77. The van der Waals surface area contributed by atoms with Gasteiger partial charge in [-0.3, -0.25) is 4.68 Å². The molecule has 12 heavy (non-hydrogen) atoms. The van der Waals surface area contributed by atoms with Crippen LogP contribution in [0.4, 0.5) is 0 Å². The van der Waals surface area contributed by atoms with Gasteiger partial charge in [0.05, 0.1) is 11.8 Å².